The molecule has 1 amide bonds. The van der Waals surface area contributed by atoms with Crippen LogP contribution in [-0.2, 0) is 13.0 Å². The second kappa shape index (κ2) is 5.34. The van der Waals surface area contributed by atoms with E-state index in [9.17, 15) is 4.79 Å². The Morgan fingerprint density at radius 1 is 1.53 bits per heavy atom. The molecule has 1 aromatic rings. The highest BCUT2D eigenvalue weighted by Gasteiger charge is 2.16. The molecule has 0 atom stereocenters. The average molecular weight is 251 g/mol. The molecule has 90 valence electrons. The van der Waals surface area contributed by atoms with Gasteiger partial charge in [0, 0.05) is 17.1 Å². The van der Waals surface area contributed by atoms with Crippen LogP contribution < -0.4 is 10.6 Å². The summed E-state index contributed by atoms with van der Waals surface area (Å²) in [5.41, 5.74) is 3.10. The van der Waals surface area contributed by atoms with Crippen molar-refractivity contribution in [3.8, 4) is 0 Å². The summed E-state index contributed by atoms with van der Waals surface area (Å²) in [7, 11) is 0. The maximum absolute atomic E-state index is 12.0. The van der Waals surface area contributed by atoms with Gasteiger partial charge >= 0.3 is 0 Å². The minimum absolute atomic E-state index is 0.0782. The van der Waals surface area contributed by atoms with Crippen molar-refractivity contribution in [1.82, 2.24) is 10.6 Å². The van der Waals surface area contributed by atoms with Crippen molar-refractivity contribution in [2.45, 2.75) is 13.0 Å². The molecule has 2 N–H and O–H groups in total. The number of rotatable bonds is 3. The number of hydrogen-bond acceptors (Lipinski definition) is 2. The Balaban J connectivity index is 2.20. The number of fused-ring (bicyclic) bond motifs is 1. The Hall–Kier alpha value is -1.32. The van der Waals surface area contributed by atoms with Gasteiger partial charge in [-0.3, -0.25) is 4.79 Å². The number of nitrogens with one attached hydrogen (secondary N) is 2. The summed E-state index contributed by atoms with van der Waals surface area (Å²) in [6, 6.07) is 5.82. The zero-order valence-corrected chi connectivity index (χ0v) is 10.3. The van der Waals surface area contributed by atoms with E-state index in [0.717, 1.165) is 30.6 Å². The molecule has 0 radical (unpaired) electrons. The van der Waals surface area contributed by atoms with Crippen LogP contribution in [0.4, 0.5) is 0 Å². The van der Waals surface area contributed by atoms with E-state index >= 15 is 0 Å². The fourth-order valence-corrected chi connectivity index (χ4v) is 2.08. The van der Waals surface area contributed by atoms with Gasteiger partial charge in [0.25, 0.3) is 5.91 Å². The first-order valence-electron chi connectivity index (χ1n) is 5.61. The molecule has 1 aliphatic rings. The third-order valence-corrected chi connectivity index (χ3v) is 2.96. The van der Waals surface area contributed by atoms with E-state index in [1.807, 2.05) is 12.1 Å². The summed E-state index contributed by atoms with van der Waals surface area (Å²) >= 11 is 5.63. The third kappa shape index (κ3) is 2.87. The van der Waals surface area contributed by atoms with Gasteiger partial charge in [0.2, 0.25) is 0 Å². The zero-order chi connectivity index (χ0) is 12.3. The standard InChI is InChI=1S/C13H15ClN2O/c1-9(14)7-16-13(17)12-4-2-3-10-8-15-6-5-11(10)12/h2-4,15H,1,5-8H2,(H,16,17). The summed E-state index contributed by atoms with van der Waals surface area (Å²) in [6.45, 7) is 5.60. The molecule has 0 unspecified atom stereocenters. The largest absolute Gasteiger partial charge is 0.347 e. The second-order valence-corrected chi connectivity index (χ2v) is 4.60. The lowest BCUT2D eigenvalue weighted by molar-refractivity contribution is 0.0956. The number of halogens is 1. The van der Waals surface area contributed by atoms with E-state index in [2.05, 4.69) is 23.3 Å². The van der Waals surface area contributed by atoms with Gasteiger partial charge in [-0.15, -0.1) is 0 Å². The number of carbonyl (C=O) groups excluding carboxylic acids is 1. The first-order valence-corrected chi connectivity index (χ1v) is 5.99. The predicted octanol–water partition coefficient (Wildman–Crippen LogP) is 1.81. The molecule has 0 aliphatic carbocycles. The molecular formula is C13H15ClN2O. The Morgan fingerprint density at radius 3 is 3.12 bits per heavy atom. The lowest BCUT2D eigenvalue weighted by Crippen LogP contribution is -2.30. The Kier molecular flexibility index (Phi) is 3.82. The maximum atomic E-state index is 12.0. The maximum Gasteiger partial charge on any atom is 0.251 e. The fourth-order valence-electron chi connectivity index (χ4n) is 2.02. The van der Waals surface area contributed by atoms with Gasteiger partial charge in [-0.2, -0.15) is 0 Å². The molecular weight excluding hydrogens is 236 g/mol. The van der Waals surface area contributed by atoms with E-state index in [1.54, 1.807) is 0 Å². The second-order valence-electron chi connectivity index (χ2n) is 4.07. The van der Waals surface area contributed by atoms with Crippen LogP contribution in [0.25, 0.3) is 0 Å². The zero-order valence-electron chi connectivity index (χ0n) is 9.55. The van der Waals surface area contributed by atoms with Gasteiger partial charge in [-0.05, 0) is 30.2 Å². The normalized spacial score (nSPS) is 13.9. The van der Waals surface area contributed by atoms with Gasteiger partial charge in [-0.25, -0.2) is 0 Å². The van der Waals surface area contributed by atoms with Crippen LogP contribution in [0, 0.1) is 0 Å². The molecule has 0 fully saturated rings. The van der Waals surface area contributed by atoms with Crippen molar-refractivity contribution >= 4 is 17.5 Å². The van der Waals surface area contributed by atoms with Gasteiger partial charge in [0.1, 0.15) is 0 Å². The predicted molar refractivity (Wildman–Crippen MR) is 69.2 cm³/mol. The lowest BCUT2D eigenvalue weighted by atomic mass is 9.95. The third-order valence-electron chi connectivity index (χ3n) is 2.83. The fraction of sp³-hybridized carbons (Fsp3) is 0.308. The Bertz CT molecular complexity index is 457. The SMILES string of the molecule is C=C(Cl)CNC(=O)c1cccc2c1CCNC2. The monoisotopic (exact) mass is 250 g/mol. The van der Waals surface area contributed by atoms with Crippen LogP contribution in [0.5, 0.6) is 0 Å². The molecule has 1 heterocycles. The summed E-state index contributed by atoms with van der Waals surface area (Å²) in [6.07, 6.45) is 0.890. The molecule has 0 aromatic heterocycles. The Morgan fingerprint density at radius 2 is 2.35 bits per heavy atom. The molecule has 0 bridgehead atoms. The van der Waals surface area contributed by atoms with Crippen LogP contribution in [0.1, 0.15) is 21.5 Å². The number of hydrogen-bond donors (Lipinski definition) is 2. The van der Waals surface area contributed by atoms with Crippen molar-refractivity contribution in [2.75, 3.05) is 13.1 Å². The molecule has 0 spiro atoms. The van der Waals surface area contributed by atoms with Crippen molar-refractivity contribution < 1.29 is 4.79 Å². The van der Waals surface area contributed by atoms with E-state index in [1.165, 1.54) is 5.56 Å². The number of carbonyl (C=O) groups is 1. The molecule has 0 saturated heterocycles. The topological polar surface area (TPSA) is 41.1 Å². The van der Waals surface area contributed by atoms with Crippen LogP contribution in [0.15, 0.2) is 29.8 Å². The van der Waals surface area contributed by atoms with E-state index in [-0.39, 0.29) is 5.91 Å². The summed E-state index contributed by atoms with van der Waals surface area (Å²) in [5.74, 6) is -0.0782. The van der Waals surface area contributed by atoms with Gasteiger partial charge in [0.05, 0.1) is 6.54 Å². The Labute approximate surface area is 106 Å². The summed E-state index contributed by atoms with van der Waals surface area (Å²) in [5, 5.41) is 6.48. The quantitative estimate of drug-likeness (QED) is 0.859. The molecule has 1 aromatic carbocycles. The molecule has 1 aliphatic heterocycles. The van der Waals surface area contributed by atoms with Crippen LogP contribution in [0.2, 0.25) is 0 Å². The highest BCUT2D eigenvalue weighted by atomic mass is 35.5. The van der Waals surface area contributed by atoms with Crippen LogP contribution in [-0.4, -0.2) is 19.0 Å². The summed E-state index contributed by atoms with van der Waals surface area (Å²) < 4.78 is 0. The van der Waals surface area contributed by atoms with Gasteiger partial charge in [-0.1, -0.05) is 30.3 Å². The van der Waals surface area contributed by atoms with Gasteiger partial charge < -0.3 is 10.6 Å². The lowest BCUT2D eigenvalue weighted by Gasteiger charge is -2.19. The van der Waals surface area contributed by atoms with Crippen molar-refractivity contribution in [2.24, 2.45) is 0 Å². The number of amides is 1. The smallest absolute Gasteiger partial charge is 0.251 e. The molecule has 4 heteroatoms. The van der Waals surface area contributed by atoms with Crippen molar-refractivity contribution in [1.29, 1.82) is 0 Å². The van der Waals surface area contributed by atoms with Gasteiger partial charge in [0.15, 0.2) is 0 Å². The van der Waals surface area contributed by atoms with Crippen LogP contribution >= 0.6 is 11.6 Å². The number of benzene rings is 1. The van der Waals surface area contributed by atoms with E-state index in [4.69, 9.17) is 11.6 Å². The van der Waals surface area contributed by atoms with Crippen molar-refractivity contribution in [3.63, 3.8) is 0 Å². The van der Waals surface area contributed by atoms with E-state index < -0.39 is 0 Å². The molecule has 17 heavy (non-hydrogen) atoms. The highest BCUT2D eigenvalue weighted by Crippen LogP contribution is 2.18. The molecule has 3 nitrogen and oxygen atoms in total. The average Bonchev–Trinajstić information content (AvgIpc) is 2.35. The molecule has 0 saturated carbocycles. The van der Waals surface area contributed by atoms with Crippen molar-refractivity contribution in [3.05, 3.63) is 46.5 Å². The first-order chi connectivity index (χ1) is 8.18. The van der Waals surface area contributed by atoms with Crippen LogP contribution in [0.3, 0.4) is 0 Å². The van der Waals surface area contributed by atoms with E-state index in [0.29, 0.717) is 11.6 Å². The molecule has 2 rings (SSSR count). The minimum atomic E-state index is -0.0782. The highest BCUT2D eigenvalue weighted by molar-refractivity contribution is 6.29. The summed E-state index contributed by atoms with van der Waals surface area (Å²) in [4.78, 5) is 12.0. The minimum Gasteiger partial charge on any atom is -0.347 e. The first kappa shape index (κ1) is 12.1.